The summed E-state index contributed by atoms with van der Waals surface area (Å²) in [6, 6.07) is 0. The first-order valence-corrected chi connectivity index (χ1v) is 43.5. The molecule has 0 aromatic carbocycles. The minimum atomic E-state index is -4.64. The van der Waals surface area contributed by atoms with Crippen LogP contribution in [0.4, 0.5) is 0 Å². The molecule has 0 rings (SSSR count). The number of carbonyl (C=O) groups is 2. The number of esters is 2. The van der Waals surface area contributed by atoms with Crippen LogP contribution < -0.4 is 4.89 Å². The Balaban J connectivity index is 3.86. The Hall–Kier alpha value is -1.51. The summed E-state index contributed by atoms with van der Waals surface area (Å²) in [6.45, 7) is 4.33. The van der Waals surface area contributed by atoms with Crippen LogP contribution in [0.3, 0.4) is 0 Å². The number of phosphoric acid groups is 1. The van der Waals surface area contributed by atoms with Crippen molar-refractivity contribution in [3.8, 4) is 0 Å². The van der Waals surface area contributed by atoms with Crippen molar-refractivity contribution in [2.24, 2.45) is 0 Å². The fraction of sp³-hybridized carbons (Fsp3) is 0.929. The third-order valence-electron chi connectivity index (χ3n) is 19.5. The zero-order chi connectivity index (χ0) is 68.3. The smallest absolute Gasteiger partial charge is 0.306 e. The van der Waals surface area contributed by atoms with E-state index in [1.807, 2.05) is 21.1 Å². The maximum Gasteiger partial charge on any atom is 0.306 e. The van der Waals surface area contributed by atoms with Crippen molar-refractivity contribution in [2.75, 3.05) is 47.5 Å². The van der Waals surface area contributed by atoms with Gasteiger partial charge in [0.05, 0.1) is 27.7 Å². The van der Waals surface area contributed by atoms with Crippen LogP contribution >= 0.6 is 7.82 Å². The third-order valence-corrected chi connectivity index (χ3v) is 20.4. The Morgan fingerprint density at radius 1 is 0.330 bits per heavy atom. The van der Waals surface area contributed by atoms with Gasteiger partial charge >= 0.3 is 11.9 Å². The molecular formula is C84H164NO8P. The Bertz CT molecular complexity index is 1630. The molecular weight excluding hydrogens is 1180 g/mol. The van der Waals surface area contributed by atoms with E-state index in [0.717, 1.165) is 38.5 Å². The second kappa shape index (κ2) is 75.7. The van der Waals surface area contributed by atoms with E-state index in [4.69, 9.17) is 18.5 Å². The van der Waals surface area contributed by atoms with Gasteiger partial charge in [-0.3, -0.25) is 14.2 Å². The topological polar surface area (TPSA) is 111 Å². The van der Waals surface area contributed by atoms with Crippen molar-refractivity contribution in [1.82, 2.24) is 0 Å². The number of carbonyl (C=O) groups excluding carboxylic acids is 2. The molecule has 558 valence electrons. The summed E-state index contributed by atoms with van der Waals surface area (Å²) in [5.41, 5.74) is 0. The fourth-order valence-electron chi connectivity index (χ4n) is 13.0. The number of unbranched alkanes of at least 4 members (excludes halogenated alkanes) is 62. The van der Waals surface area contributed by atoms with Crippen LogP contribution in [0.5, 0.6) is 0 Å². The van der Waals surface area contributed by atoms with Crippen molar-refractivity contribution in [1.29, 1.82) is 0 Å². The van der Waals surface area contributed by atoms with Gasteiger partial charge in [-0.25, -0.2) is 0 Å². The van der Waals surface area contributed by atoms with Crippen LogP contribution in [0.15, 0.2) is 24.3 Å². The van der Waals surface area contributed by atoms with Gasteiger partial charge in [-0.15, -0.1) is 0 Å². The first kappa shape index (κ1) is 92.5. The van der Waals surface area contributed by atoms with Crippen molar-refractivity contribution >= 4 is 19.8 Å². The molecule has 94 heavy (non-hydrogen) atoms. The molecule has 0 saturated heterocycles. The van der Waals surface area contributed by atoms with E-state index in [1.165, 1.54) is 379 Å². The van der Waals surface area contributed by atoms with Gasteiger partial charge in [0, 0.05) is 12.8 Å². The number of quaternary nitrogens is 1. The van der Waals surface area contributed by atoms with Gasteiger partial charge in [0.1, 0.15) is 19.8 Å². The van der Waals surface area contributed by atoms with Crippen LogP contribution in [-0.2, 0) is 32.7 Å². The number of phosphoric ester groups is 1. The minimum Gasteiger partial charge on any atom is -0.756 e. The standard InChI is InChI=1S/C84H164NO8P/c1-6-8-10-12-14-16-18-20-22-24-26-28-30-32-34-36-38-39-40-41-42-43-44-45-47-49-51-53-55-57-59-61-63-65-67-69-71-73-75-77-84(87)93-82(81-92-94(88,89)91-79-78-85(3,4)5)80-90-83(86)76-74-72-70-68-66-64-62-60-58-56-54-52-50-48-46-37-35-33-31-29-27-25-23-21-19-17-15-13-11-9-7-2/h18,20,24,26,82H,6-17,19,21-23,25,27-81H2,1-5H3/b20-18-,26-24-. The molecule has 0 fully saturated rings. The zero-order valence-electron chi connectivity index (χ0n) is 64.0. The first-order valence-electron chi connectivity index (χ1n) is 42.0. The van der Waals surface area contributed by atoms with Crippen molar-refractivity contribution in [2.45, 2.75) is 457 Å². The SMILES string of the molecule is CCCCCCC/C=C\C/C=C\CCCCCCCCCCCCCCCCCCCCCCCCCCCCCC(=O)OC(COC(=O)CCCCCCCCCCCCCCCCCCCCCCCCCCCCCCCCC)COP(=O)([O-])OCC[N+](C)(C)C. The molecule has 9 nitrogen and oxygen atoms in total. The van der Waals surface area contributed by atoms with Crippen molar-refractivity contribution in [3.63, 3.8) is 0 Å². The molecule has 10 heteroatoms. The van der Waals surface area contributed by atoms with Crippen molar-refractivity contribution in [3.05, 3.63) is 24.3 Å². The third kappa shape index (κ3) is 79.5. The minimum absolute atomic E-state index is 0.0258. The van der Waals surface area contributed by atoms with Crippen LogP contribution in [0, 0.1) is 0 Å². The van der Waals surface area contributed by atoms with E-state index in [9.17, 15) is 19.0 Å². The average molecular weight is 1350 g/mol. The Morgan fingerprint density at radius 3 is 0.840 bits per heavy atom. The molecule has 0 spiro atoms. The predicted molar refractivity (Wildman–Crippen MR) is 407 cm³/mol. The molecule has 0 heterocycles. The molecule has 0 bridgehead atoms. The van der Waals surface area contributed by atoms with E-state index in [-0.39, 0.29) is 32.0 Å². The fourth-order valence-corrected chi connectivity index (χ4v) is 13.8. The number of ether oxygens (including phenoxy) is 2. The largest absolute Gasteiger partial charge is 0.756 e. The summed E-state index contributed by atoms with van der Waals surface area (Å²) < 4.78 is 34.5. The van der Waals surface area contributed by atoms with Gasteiger partial charge in [0.15, 0.2) is 6.10 Å². The van der Waals surface area contributed by atoms with Gasteiger partial charge in [-0.2, -0.15) is 0 Å². The summed E-state index contributed by atoms with van der Waals surface area (Å²) in [5.74, 6) is -0.802. The normalized spacial score (nSPS) is 13.0. The number of allylic oxidation sites excluding steroid dienone is 4. The quantitative estimate of drug-likeness (QED) is 0.0195. The summed E-state index contributed by atoms with van der Waals surface area (Å²) in [7, 11) is 1.20. The van der Waals surface area contributed by atoms with E-state index in [0.29, 0.717) is 17.4 Å². The van der Waals surface area contributed by atoms with Gasteiger partial charge in [0.25, 0.3) is 7.82 Å². The van der Waals surface area contributed by atoms with Gasteiger partial charge in [0.2, 0.25) is 0 Å². The second-order valence-corrected chi connectivity index (χ2v) is 31.6. The maximum atomic E-state index is 12.9. The van der Waals surface area contributed by atoms with Crippen LogP contribution in [0.2, 0.25) is 0 Å². The van der Waals surface area contributed by atoms with Gasteiger partial charge in [-0.05, 0) is 44.9 Å². The predicted octanol–water partition coefficient (Wildman–Crippen LogP) is 27.3. The van der Waals surface area contributed by atoms with E-state index < -0.39 is 26.5 Å². The lowest BCUT2D eigenvalue weighted by atomic mass is 10.0. The molecule has 0 aliphatic carbocycles. The summed E-state index contributed by atoms with van der Waals surface area (Å²) in [5, 5.41) is 0. The summed E-state index contributed by atoms with van der Waals surface area (Å²) in [6.07, 6.45) is 97.6. The van der Waals surface area contributed by atoms with Gasteiger partial charge in [-0.1, -0.05) is 417 Å². The van der Waals surface area contributed by atoms with E-state index >= 15 is 0 Å². The number of likely N-dealkylation sites (N-methyl/N-ethyl adjacent to an activating group) is 1. The lowest BCUT2D eigenvalue weighted by molar-refractivity contribution is -0.870. The maximum absolute atomic E-state index is 12.9. The molecule has 2 atom stereocenters. The molecule has 2 unspecified atom stereocenters. The molecule has 0 amide bonds. The van der Waals surface area contributed by atoms with Crippen LogP contribution in [0.1, 0.15) is 450 Å². The molecule has 0 radical (unpaired) electrons. The lowest BCUT2D eigenvalue weighted by Crippen LogP contribution is -2.37. The first-order chi connectivity index (χ1) is 46.0. The van der Waals surface area contributed by atoms with Crippen LogP contribution in [0.25, 0.3) is 0 Å². The second-order valence-electron chi connectivity index (χ2n) is 30.2. The molecule has 0 aromatic heterocycles. The highest BCUT2D eigenvalue weighted by Gasteiger charge is 2.22. The van der Waals surface area contributed by atoms with E-state index in [2.05, 4.69) is 38.2 Å². The average Bonchev–Trinajstić information content (AvgIpc) is 1.56. The highest BCUT2D eigenvalue weighted by atomic mass is 31.2. The molecule has 0 aliphatic heterocycles. The summed E-state index contributed by atoms with van der Waals surface area (Å²) in [4.78, 5) is 38.2. The monoisotopic (exact) mass is 1350 g/mol. The number of rotatable bonds is 80. The highest BCUT2D eigenvalue weighted by molar-refractivity contribution is 7.45. The molecule has 0 aliphatic rings. The molecule has 0 aromatic rings. The lowest BCUT2D eigenvalue weighted by Gasteiger charge is -2.28. The van der Waals surface area contributed by atoms with Gasteiger partial charge < -0.3 is 27.9 Å². The number of hydrogen-bond acceptors (Lipinski definition) is 8. The Labute approximate surface area is 587 Å². The molecule has 0 saturated carbocycles. The highest BCUT2D eigenvalue weighted by Crippen LogP contribution is 2.38. The zero-order valence-corrected chi connectivity index (χ0v) is 64.9. The van der Waals surface area contributed by atoms with Crippen molar-refractivity contribution < 1.29 is 42.1 Å². The van der Waals surface area contributed by atoms with E-state index in [1.54, 1.807) is 0 Å². The van der Waals surface area contributed by atoms with Crippen LogP contribution in [-0.4, -0.2) is 70.0 Å². The molecule has 0 N–H and O–H groups in total. The number of hydrogen-bond donors (Lipinski definition) is 0. The Kier molecular flexibility index (Phi) is 74.5. The number of nitrogens with zero attached hydrogens (tertiary/aromatic N) is 1. The summed E-state index contributed by atoms with van der Waals surface area (Å²) >= 11 is 0. The Morgan fingerprint density at radius 2 is 0.574 bits per heavy atom.